The highest BCUT2D eigenvalue weighted by molar-refractivity contribution is 5.95. The van der Waals surface area contributed by atoms with Gasteiger partial charge in [-0.05, 0) is 110 Å². The molecule has 39 heavy (non-hydrogen) atoms. The topological polar surface area (TPSA) is 101 Å². The first-order chi connectivity index (χ1) is 18.0. The summed E-state index contributed by atoms with van der Waals surface area (Å²) in [4.78, 5) is 39.7. The largest absolute Gasteiger partial charge is 0.481 e. The summed E-state index contributed by atoms with van der Waals surface area (Å²) in [5.74, 6) is -0.743. The van der Waals surface area contributed by atoms with Crippen molar-refractivity contribution in [3.05, 3.63) is 11.6 Å². The minimum absolute atomic E-state index is 0.0272. The Bertz CT molecular complexity index is 1110. The molecule has 0 heterocycles. The van der Waals surface area contributed by atoms with Crippen molar-refractivity contribution >= 4 is 17.7 Å². The molecule has 9 atom stereocenters. The molecular weight excluding hydrogens is 492 g/mol. The lowest BCUT2D eigenvalue weighted by Gasteiger charge is -2.70. The third-order valence-electron chi connectivity index (χ3n) is 13.7. The van der Waals surface area contributed by atoms with Gasteiger partial charge in [0.25, 0.3) is 0 Å². The summed E-state index contributed by atoms with van der Waals surface area (Å²) in [7, 11) is 0. The first-order valence-electron chi connectivity index (χ1n) is 15.3. The quantitative estimate of drug-likeness (QED) is 0.410. The number of aliphatic carboxylic acids is 1. The summed E-state index contributed by atoms with van der Waals surface area (Å²) in [5, 5.41) is 19.3. The van der Waals surface area contributed by atoms with Crippen molar-refractivity contribution < 1.29 is 29.3 Å². The molecule has 0 unspecified atom stereocenters. The minimum atomic E-state index is -0.749. The maximum absolute atomic E-state index is 14.4. The van der Waals surface area contributed by atoms with E-state index in [1.807, 2.05) is 13.0 Å². The number of hydrogen-bond acceptors (Lipinski definition) is 5. The summed E-state index contributed by atoms with van der Waals surface area (Å²) >= 11 is 0. The van der Waals surface area contributed by atoms with E-state index < -0.39 is 11.4 Å². The molecule has 5 aliphatic rings. The number of allylic oxidation sites excluding steroid dienone is 2. The number of ketones is 1. The third kappa shape index (κ3) is 3.78. The van der Waals surface area contributed by atoms with E-state index in [1.54, 1.807) is 0 Å². The van der Waals surface area contributed by atoms with Crippen molar-refractivity contribution in [1.29, 1.82) is 0 Å². The number of carboxylic acids is 1. The van der Waals surface area contributed by atoms with Crippen molar-refractivity contribution in [2.45, 2.75) is 106 Å². The van der Waals surface area contributed by atoms with E-state index in [2.05, 4.69) is 41.5 Å². The molecule has 218 valence electrons. The van der Waals surface area contributed by atoms with Crippen LogP contribution in [-0.4, -0.2) is 41.1 Å². The summed E-state index contributed by atoms with van der Waals surface area (Å²) < 4.78 is 5.40. The van der Waals surface area contributed by atoms with Gasteiger partial charge in [0.2, 0.25) is 0 Å². The Morgan fingerprint density at radius 2 is 1.62 bits per heavy atom. The molecule has 0 aromatic carbocycles. The normalized spacial score (nSPS) is 48.5. The highest BCUT2D eigenvalue weighted by Crippen LogP contribution is 2.75. The molecule has 0 amide bonds. The van der Waals surface area contributed by atoms with Crippen molar-refractivity contribution in [2.75, 3.05) is 13.2 Å². The molecule has 4 saturated carbocycles. The SMILES string of the molecule is CC1(C)[C@@H](C(=O)OCCO)CC[C@]2(C)[C@H]3C(=O)C=C4[C@@H]5C[C@@](C)(C(=O)O)CC[C@]5(C)CC[C@@]4(C)[C@]3(C)CC[C@@H]12. The van der Waals surface area contributed by atoms with E-state index in [4.69, 9.17) is 4.74 Å². The Hall–Kier alpha value is -1.69. The van der Waals surface area contributed by atoms with Gasteiger partial charge in [0.05, 0.1) is 17.9 Å². The predicted octanol–water partition coefficient (Wildman–Crippen LogP) is 6.20. The van der Waals surface area contributed by atoms with Gasteiger partial charge in [-0.3, -0.25) is 14.4 Å². The zero-order chi connectivity index (χ0) is 28.8. The highest BCUT2D eigenvalue weighted by Gasteiger charge is 2.70. The van der Waals surface area contributed by atoms with Gasteiger partial charge in [0.15, 0.2) is 5.78 Å². The van der Waals surface area contributed by atoms with Gasteiger partial charge in [-0.1, -0.05) is 47.1 Å². The number of aliphatic hydroxyl groups excluding tert-OH is 1. The Labute approximate surface area is 234 Å². The van der Waals surface area contributed by atoms with Crippen LogP contribution in [0.3, 0.4) is 0 Å². The van der Waals surface area contributed by atoms with E-state index in [9.17, 15) is 24.6 Å². The van der Waals surface area contributed by atoms with E-state index >= 15 is 0 Å². The van der Waals surface area contributed by atoms with Gasteiger partial charge in [-0.2, -0.15) is 0 Å². The third-order valence-corrected chi connectivity index (χ3v) is 13.7. The van der Waals surface area contributed by atoms with Crippen LogP contribution in [0.4, 0.5) is 0 Å². The number of carboxylic acid groups (broad SMARTS) is 1. The molecule has 2 N–H and O–H groups in total. The Balaban J connectivity index is 1.54. The second-order valence-corrected chi connectivity index (χ2v) is 15.9. The molecule has 6 heteroatoms. The monoisotopic (exact) mass is 542 g/mol. The van der Waals surface area contributed by atoms with Crippen LogP contribution in [0.15, 0.2) is 11.6 Å². The van der Waals surface area contributed by atoms with Gasteiger partial charge < -0.3 is 14.9 Å². The van der Waals surface area contributed by atoms with Crippen LogP contribution in [0.25, 0.3) is 0 Å². The highest BCUT2D eigenvalue weighted by atomic mass is 16.5. The average molecular weight is 543 g/mol. The molecule has 0 aliphatic heterocycles. The molecule has 0 aromatic heterocycles. The van der Waals surface area contributed by atoms with Crippen LogP contribution in [0.5, 0.6) is 0 Å². The molecular formula is C33H50O6. The van der Waals surface area contributed by atoms with Crippen molar-refractivity contribution in [3.63, 3.8) is 0 Å². The lowest BCUT2D eigenvalue weighted by atomic mass is 9.33. The molecule has 4 fully saturated rings. The van der Waals surface area contributed by atoms with E-state index in [0.29, 0.717) is 19.3 Å². The number of fused-ring (bicyclic) bond motifs is 7. The fraction of sp³-hybridized carbons (Fsp3) is 0.848. The van der Waals surface area contributed by atoms with Crippen molar-refractivity contribution in [1.82, 2.24) is 0 Å². The lowest BCUT2D eigenvalue weighted by molar-refractivity contribution is -0.199. The Morgan fingerprint density at radius 3 is 2.26 bits per heavy atom. The van der Waals surface area contributed by atoms with Gasteiger partial charge >= 0.3 is 11.9 Å². The lowest BCUT2D eigenvalue weighted by Crippen LogP contribution is -2.66. The van der Waals surface area contributed by atoms with Crippen molar-refractivity contribution in [2.24, 2.45) is 56.2 Å². The van der Waals surface area contributed by atoms with Crippen LogP contribution in [0, 0.1) is 56.2 Å². The summed E-state index contributed by atoms with van der Waals surface area (Å²) in [6.45, 7) is 15.5. The maximum Gasteiger partial charge on any atom is 0.309 e. The Kier molecular flexibility index (Phi) is 6.58. The van der Waals surface area contributed by atoms with Crippen LogP contribution in [-0.2, 0) is 19.1 Å². The molecule has 6 nitrogen and oxygen atoms in total. The number of carbonyl (C=O) groups is 3. The second kappa shape index (κ2) is 8.90. The molecule has 0 saturated heterocycles. The number of aliphatic hydroxyl groups is 1. The molecule has 0 aromatic rings. The predicted molar refractivity (Wildman–Crippen MR) is 149 cm³/mol. The van der Waals surface area contributed by atoms with Gasteiger partial charge in [-0.15, -0.1) is 0 Å². The summed E-state index contributed by atoms with van der Waals surface area (Å²) in [5.41, 5.74) is -0.380. The van der Waals surface area contributed by atoms with E-state index in [1.165, 1.54) is 5.57 Å². The standard InChI is InChI=1S/C33H50O6/c1-28(2)20(26(36)39-17-16-34)8-10-31(5)24(28)9-11-33(7)25(31)23(35)18-21-22-19-30(4,27(37)38)13-12-29(22,3)14-15-32(21,33)6/h18,20,22,24-25,34H,8-17,19H2,1-7H3,(H,37,38)/t20-,22+,24+,25-,29-,30+,31+,32-,33-/m1/s1. The van der Waals surface area contributed by atoms with E-state index in [0.717, 1.165) is 38.5 Å². The minimum Gasteiger partial charge on any atom is -0.481 e. The number of esters is 1. The summed E-state index contributed by atoms with van der Waals surface area (Å²) in [6.07, 6.45) is 9.69. The van der Waals surface area contributed by atoms with Gasteiger partial charge in [0, 0.05) is 5.92 Å². The molecule has 5 rings (SSSR count). The second-order valence-electron chi connectivity index (χ2n) is 15.9. The van der Waals surface area contributed by atoms with Crippen molar-refractivity contribution in [3.8, 4) is 0 Å². The molecule has 0 spiro atoms. The molecule has 0 radical (unpaired) electrons. The number of carbonyl (C=O) groups excluding carboxylic acids is 2. The number of ether oxygens (including phenoxy) is 1. The zero-order valence-corrected chi connectivity index (χ0v) is 25.2. The number of rotatable bonds is 4. The van der Waals surface area contributed by atoms with Crippen LogP contribution < -0.4 is 0 Å². The first kappa shape index (κ1) is 28.8. The number of hydrogen-bond donors (Lipinski definition) is 2. The Morgan fingerprint density at radius 1 is 0.949 bits per heavy atom. The summed E-state index contributed by atoms with van der Waals surface area (Å²) in [6, 6.07) is 0. The fourth-order valence-electron chi connectivity index (χ4n) is 11.0. The van der Waals surface area contributed by atoms with Gasteiger partial charge in [0.1, 0.15) is 6.61 Å². The van der Waals surface area contributed by atoms with Gasteiger partial charge in [-0.25, -0.2) is 0 Å². The van der Waals surface area contributed by atoms with Crippen LogP contribution in [0.1, 0.15) is 106 Å². The zero-order valence-electron chi connectivity index (χ0n) is 25.2. The molecule has 5 aliphatic carbocycles. The fourth-order valence-corrected chi connectivity index (χ4v) is 11.0. The van der Waals surface area contributed by atoms with E-state index in [-0.39, 0.29) is 75.7 Å². The average Bonchev–Trinajstić information content (AvgIpc) is 2.84. The maximum atomic E-state index is 14.4. The first-order valence-corrected chi connectivity index (χ1v) is 15.3. The smallest absolute Gasteiger partial charge is 0.309 e. The molecule has 0 bridgehead atoms. The van der Waals surface area contributed by atoms with Crippen LogP contribution in [0.2, 0.25) is 0 Å². The van der Waals surface area contributed by atoms with Crippen LogP contribution >= 0.6 is 0 Å².